The first-order valence-electron chi connectivity index (χ1n) is 7.12. The summed E-state index contributed by atoms with van der Waals surface area (Å²) in [5, 5.41) is 0.730. The Morgan fingerprint density at radius 1 is 1.45 bits per heavy atom. The summed E-state index contributed by atoms with van der Waals surface area (Å²) >= 11 is 1.51. The molecule has 0 spiro atoms. The smallest absolute Gasteiger partial charge is 0.254 e. The molecule has 6 heteroatoms. The number of carbonyl (C=O) groups excluding carboxylic acids is 1. The number of aromatic nitrogens is 2. The number of hydrogen-bond acceptors (Lipinski definition) is 4. The quantitative estimate of drug-likeness (QED) is 0.731. The van der Waals surface area contributed by atoms with Gasteiger partial charge in [-0.25, -0.2) is 4.98 Å². The number of carbonyl (C=O) groups is 1. The Bertz CT molecular complexity index is 572. The molecule has 1 aromatic heterocycles. The number of nitrogens with zero attached hydrogens (tertiary/aromatic N) is 3. The average Bonchev–Trinajstić information content (AvgIpc) is 2.47. The molecule has 20 heavy (non-hydrogen) atoms. The minimum absolute atomic E-state index is 0.0630. The maximum Gasteiger partial charge on any atom is 0.254 e. The molecule has 1 fully saturated rings. The van der Waals surface area contributed by atoms with Crippen molar-refractivity contribution >= 4 is 17.7 Å². The maximum atomic E-state index is 12.6. The van der Waals surface area contributed by atoms with E-state index in [1.807, 2.05) is 4.90 Å². The van der Waals surface area contributed by atoms with Crippen molar-refractivity contribution in [1.82, 2.24) is 14.5 Å². The number of likely N-dealkylation sites (tertiary alicyclic amines) is 1. The summed E-state index contributed by atoms with van der Waals surface area (Å²) in [5.74, 6) is 1.41. The fourth-order valence-electron chi connectivity index (χ4n) is 2.95. The second-order valence-electron chi connectivity index (χ2n) is 5.72. The van der Waals surface area contributed by atoms with Crippen molar-refractivity contribution in [1.29, 1.82) is 0 Å². The van der Waals surface area contributed by atoms with E-state index in [2.05, 4.69) is 11.9 Å². The lowest BCUT2D eigenvalue weighted by atomic mass is 9.98. The monoisotopic (exact) mass is 293 g/mol. The zero-order valence-electron chi connectivity index (χ0n) is 11.6. The molecule has 1 amide bonds. The van der Waals surface area contributed by atoms with E-state index in [1.165, 1.54) is 30.4 Å². The minimum atomic E-state index is -0.0975. The van der Waals surface area contributed by atoms with Crippen molar-refractivity contribution in [2.45, 2.75) is 31.5 Å². The van der Waals surface area contributed by atoms with Gasteiger partial charge in [-0.15, -0.1) is 0 Å². The summed E-state index contributed by atoms with van der Waals surface area (Å²) in [6.45, 7) is 4.38. The summed E-state index contributed by atoms with van der Waals surface area (Å²) in [6, 6.07) is 1.46. The molecular weight excluding hydrogens is 274 g/mol. The highest BCUT2D eigenvalue weighted by molar-refractivity contribution is 7.99. The molecular formula is C14H19N3O2S. The molecule has 0 radical (unpaired) electrons. The van der Waals surface area contributed by atoms with Gasteiger partial charge in [-0.2, -0.15) is 0 Å². The third kappa shape index (κ3) is 2.61. The standard InChI is InChI=1S/C14H19N3O2S/c1-10-3-2-6-16(7-10)13(19)11-8-17-12(18)4-5-15-14(17)20-9-11/h4-5,10-11H,2-3,6-9H2,1H3. The van der Waals surface area contributed by atoms with Crippen LogP contribution in [0.1, 0.15) is 19.8 Å². The Balaban J connectivity index is 1.75. The lowest BCUT2D eigenvalue weighted by Crippen LogP contribution is -2.46. The summed E-state index contributed by atoms with van der Waals surface area (Å²) in [4.78, 5) is 30.6. The first-order valence-corrected chi connectivity index (χ1v) is 8.11. The van der Waals surface area contributed by atoms with Gasteiger partial charge in [-0.1, -0.05) is 18.7 Å². The molecule has 2 atom stereocenters. The number of rotatable bonds is 1. The zero-order valence-corrected chi connectivity index (χ0v) is 12.4. The Labute approximate surface area is 122 Å². The largest absolute Gasteiger partial charge is 0.342 e. The van der Waals surface area contributed by atoms with Gasteiger partial charge in [0, 0.05) is 37.7 Å². The molecule has 2 aliphatic heterocycles. The van der Waals surface area contributed by atoms with Crippen molar-refractivity contribution < 1.29 is 4.79 Å². The minimum Gasteiger partial charge on any atom is -0.342 e. The van der Waals surface area contributed by atoms with E-state index in [0.717, 1.165) is 30.4 Å². The Morgan fingerprint density at radius 3 is 3.10 bits per heavy atom. The van der Waals surface area contributed by atoms with Crippen molar-refractivity contribution in [2.24, 2.45) is 11.8 Å². The Kier molecular flexibility index (Phi) is 3.83. The molecule has 5 nitrogen and oxygen atoms in total. The molecule has 0 aromatic carbocycles. The van der Waals surface area contributed by atoms with E-state index in [4.69, 9.17) is 0 Å². The average molecular weight is 293 g/mol. The highest BCUT2D eigenvalue weighted by Gasteiger charge is 2.31. The third-order valence-electron chi connectivity index (χ3n) is 4.03. The van der Waals surface area contributed by atoms with Gasteiger partial charge in [-0.3, -0.25) is 14.2 Å². The molecule has 3 rings (SSSR count). The molecule has 2 unspecified atom stereocenters. The maximum absolute atomic E-state index is 12.6. The molecule has 0 aliphatic carbocycles. The number of fused-ring (bicyclic) bond motifs is 1. The molecule has 108 valence electrons. The van der Waals surface area contributed by atoms with Crippen molar-refractivity contribution in [3.63, 3.8) is 0 Å². The van der Waals surface area contributed by atoms with Crippen molar-refractivity contribution in [3.05, 3.63) is 22.6 Å². The van der Waals surface area contributed by atoms with E-state index in [0.29, 0.717) is 12.5 Å². The summed E-state index contributed by atoms with van der Waals surface area (Å²) in [7, 11) is 0. The van der Waals surface area contributed by atoms with Crippen LogP contribution >= 0.6 is 11.8 Å². The van der Waals surface area contributed by atoms with Crippen molar-refractivity contribution in [3.8, 4) is 0 Å². The van der Waals surface area contributed by atoms with Crippen LogP contribution in [0.15, 0.2) is 22.2 Å². The van der Waals surface area contributed by atoms with Gasteiger partial charge in [0.2, 0.25) is 5.91 Å². The van der Waals surface area contributed by atoms with E-state index in [1.54, 1.807) is 4.57 Å². The van der Waals surface area contributed by atoms with Crippen LogP contribution in [0.25, 0.3) is 0 Å². The third-order valence-corrected chi connectivity index (χ3v) is 5.19. The van der Waals surface area contributed by atoms with Crippen LogP contribution in [-0.2, 0) is 11.3 Å². The zero-order chi connectivity index (χ0) is 14.1. The number of piperidine rings is 1. The van der Waals surface area contributed by atoms with Crippen LogP contribution < -0.4 is 5.56 Å². The van der Waals surface area contributed by atoms with Gasteiger partial charge < -0.3 is 4.90 Å². The van der Waals surface area contributed by atoms with Crippen LogP contribution in [-0.4, -0.2) is 39.2 Å². The fourth-order valence-corrected chi connectivity index (χ4v) is 4.00. The summed E-state index contributed by atoms with van der Waals surface area (Å²) < 4.78 is 1.63. The van der Waals surface area contributed by atoms with Crippen LogP contribution in [0.3, 0.4) is 0 Å². The number of thioether (sulfide) groups is 1. The lowest BCUT2D eigenvalue weighted by Gasteiger charge is -2.34. The Morgan fingerprint density at radius 2 is 2.30 bits per heavy atom. The molecule has 0 bridgehead atoms. The Hall–Kier alpha value is -1.30. The van der Waals surface area contributed by atoms with Gasteiger partial charge in [0.1, 0.15) is 0 Å². The molecule has 0 saturated carbocycles. The number of hydrogen-bond donors (Lipinski definition) is 0. The lowest BCUT2D eigenvalue weighted by molar-refractivity contribution is -0.137. The van der Waals surface area contributed by atoms with Crippen molar-refractivity contribution in [2.75, 3.05) is 18.8 Å². The van der Waals surface area contributed by atoms with E-state index in [-0.39, 0.29) is 17.4 Å². The van der Waals surface area contributed by atoms with Crippen LogP contribution in [0.4, 0.5) is 0 Å². The molecule has 1 aromatic rings. The van der Waals surface area contributed by atoms with E-state index >= 15 is 0 Å². The van der Waals surface area contributed by atoms with Crippen LogP contribution in [0.5, 0.6) is 0 Å². The van der Waals surface area contributed by atoms with Gasteiger partial charge >= 0.3 is 0 Å². The second-order valence-corrected chi connectivity index (χ2v) is 6.70. The van der Waals surface area contributed by atoms with Gasteiger partial charge in [0.15, 0.2) is 5.16 Å². The normalized spacial score (nSPS) is 26.1. The second kappa shape index (κ2) is 5.60. The van der Waals surface area contributed by atoms with Crippen LogP contribution in [0.2, 0.25) is 0 Å². The SMILES string of the molecule is CC1CCCN(C(=O)C2CSc3nccc(=O)n3C2)C1. The van der Waals surface area contributed by atoms with Gasteiger partial charge in [-0.05, 0) is 18.8 Å². The predicted octanol–water partition coefficient (Wildman–Crippen LogP) is 1.22. The summed E-state index contributed by atoms with van der Waals surface area (Å²) in [5.41, 5.74) is -0.0630. The fraction of sp³-hybridized carbons (Fsp3) is 0.643. The first-order chi connectivity index (χ1) is 9.65. The van der Waals surface area contributed by atoms with E-state index in [9.17, 15) is 9.59 Å². The van der Waals surface area contributed by atoms with Crippen LogP contribution in [0, 0.1) is 11.8 Å². The van der Waals surface area contributed by atoms with Gasteiger partial charge in [0.25, 0.3) is 5.56 Å². The predicted molar refractivity (Wildman–Crippen MR) is 77.7 cm³/mol. The molecule has 3 heterocycles. The molecule has 0 N–H and O–H groups in total. The number of amides is 1. The molecule has 1 saturated heterocycles. The topological polar surface area (TPSA) is 55.2 Å². The van der Waals surface area contributed by atoms with E-state index < -0.39 is 0 Å². The highest BCUT2D eigenvalue weighted by Crippen LogP contribution is 2.27. The molecule has 2 aliphatic rings. The first kappa shape index (κ1) is 13.7. The highest BCUT2D eigenvalue weighted by atomic mass is 32.2. The van der Waals surface area contributed by atoms with Gasteiger partial charge in [0.05, 0.1) is 5.92 Å². The summed E-state index contributed by atoms with van der Waals surface area (Å²) in [6.07, 6.45) is 3.83.